The summed E-state index contributed by atoms with van der Waals surface area (Å²) in [5.41, 5.74) is 1.72. The first-order valence-corrected chi connectivity index (χ1v) is 4.37. The minimum Gasteiger partial charge on any atom is -0.265 e. The molecule has 15 heavy (non-hydrogen) atoms. The molecule has 3 aromatic heterocycles. The van der Waals surface area contributed by atoms with E-state index in [9.17, 15) is 0 Å². The van der Waals surface area contributed by atoms with E-state index in [1.165, 1.54) is 11.0 Å². The van der Waals surface area contributed by atoms with Gasteiger partial charge < -0.3 is 0 Å². The van der Waals surface area contributed by atoms with Crippen molar-refractivity contribution in [3.63, 3.8) is 0 Å². The van der Waals surface area contributed by atoms with Gasteiger partial charge in [0.05, 0.1) is 11.9 Å². The van der Waals surface area contributed by atoms with E-state index >= 15 is 0 Å². The highest BCUT2D eigenvalue weighted by Crippen LogP contribution is 2.13. The number of hydrogen-bond donors (Lipinski definition) is 0. The highest BCUT2D eigenvalue weighted by molar-refractivity contribution is 5.58. The van der Waals surface area contributed by atoms with Crippen LogP contribution in [0.2, 0.25) is 0 Å². The normalized spacial score (nSPS) is 10.7. The van der Waals surface area contributed by atoms with Gasteiger partial charge in [0, 0.05) is 18.0 Å². The van der Waals surface area contributed by atoms with Crippen molar-refractivity contribution in [2.24, 2.45) is 0 Å². The van der Waals surface area contributed by atoms with E-state index in [4.69, 9.17) is 0 Å². The minimum atomic E-state index is 0.490. The van der Waals surface area contributed by atoms with Gasteiger partial charge in [0.1, 0.15) is 6.33 Å². The van der Waals surface area contributed by atoms with Crippen LogP contribution < -0.4 is 0 Å². The molecule has 0 aromatic carbocycles. The molecule has 0 atom stereocenters. The van der Waals surface area contributed by atoms with Crippen molar-refractivity contribution in [1.82, 2.24) is 29.8 Å². The zero-order valence-electron chi connectivity index (χ0n) is 7.65. The lowest BCUT2D eigenvalue weighted by atomic mass is 10.2. The van der Waals surface area contributed by atoms with E-state index in [0.717, 1.165) is 11.3 Å². The standard InChI is InChI=1S/C9H6N6/c1-3-10-4-2-7(1)8-5-12-15-9(14-8)11-6-13-15/h1-6H. The van der Waals surface area contributed by atoms with Crippen LogP contribution in [-0.4, -0.2) is 29.8 Å². The summed E-state index contributed by atoms with van der Waals surface area (Å²) >= 11 is 0. The molecule has 6 heteroatoms. The fourth-order valence-electron chi connectivity index (χ4n) is 1.29. The lowest BCUT2D eigenvalue weighted by Crippen LogP contribution is -1.97. The highest BCUT2D eigenvalue weighted by atomic mass is 15.5. The second kappa shape index (κ2) is 3.09. The second-order valence-electron chi connectivity index (χ2n) is 2.93. The van der Waals surface area contributed by atoms with E-state index in [1.807, 2.05) is 12.1 Å². The van der Waals surface area contributed by atoms with Gasteiger partial charge in [-0.25, -0.2) is 4.98 Å². The molecule has 3 aromatic rings. The maximum atomic E-state index is 4.30. The number of aromatic nitrogens is 6. The smallest absolute Gasteiger partial charge is 0.265 e. The van der Waals surface area contributed by atoms with Crippen LogP contribution in [-0.2, 0) is 0 Å². The van der Waals surface area contributed by atoms with Crippen molar-refractivity contribution in [3.05, 3.63) is 37.1 Å². The third-order valence-corrected chi connectivity index (χ3v) is 2.00. The number of rotatable bonds is 1. The Bertz CT molecular complexity index is 588. The van der Waals surface area contributed by atoms with Gasteiger partial charge in [-0.2, -0.15) is 10.1 Å². The van der Waals surface area contributed by atoms with Crippen molar-refractivity contribution >= 4 is 5.78 Å². The molecule has 0 fully saturated rings. The molecule has 0 saturated carbocycles. The molecule has 6 nitrogen and oxygen atoms in total. The van der Waals surface area contributed by atoms with Crippen molar-refractivity contribution in [1.29, 1.82) is 0 Å². The second-order valence-corrected chi connectivity index (χ2v) is 2.93. The van der Waals surface area contributed by atoms with Gasteiger partial charge in [-0.05, 0) is 12.1 Å². The summed E-state index contributed by atoms with van der Waals surface area (Å²) in [4.78, 5) is 12.2. The van der Waals surface area contributed by atoms with Gasteiger partial charge in [0.2, 0.25) is 0 Å². The molecule has 3 heterocycles. The third-order valence-electron chi connectivity index (χ3n) is 2.00. The van der Waals surface area contributed by atoms with Crippen LogP contribution in [0.15, 0.2) is 37.1 Å². The van der Waals surface area contributed by atoms with E-state index in [1.54, 1.807) is 18.6 Å². The first kappa shape index (κ1) is 7.98. The number of hydrogen-bond acceptors (Lipinski definition) is 5. The predicted molar refractivity (Wildman–Crippen MR) is 51.8 cm³/mol. The van der Waals surface area contributed by atoms with Crippen LogP contribution in [0.1, 0.15) is 0 Å². The summed E-state index contributed by atoms with van der Waals surface area (Å²) in [7, 11) is 0. The summed E-state index contributed by atoms with van der Waals surface area (Å²) in [6.07, 6.45) is 6.50. The van der Waals surface area contributed by atoms with Crippen LogP contribution in [0, 0.1) is 0 Å². The molecule has 0 bridgehead atoms. The van der Waals surface area contributed by atoms with Crippen LogP contribution >= 0.6 is 0 Å². The van der Waals surface area contributed by atoms with Crippen molar-refractivity contribution in [2.45, 2.75) is 0 Å². The average Bonchev–Trinajstić information content (AvgIpc) is 2.77. The Morgan fingerprint density at radius 3 is 2.80 bits per heavy atom. The molecule has 0 unspecified atom stereocenters. The fourth-order valence-corrected chi connectivity index (χ4v) is 1.29. The maximum Gasteiger partial charge on any atom is 0.270 e. The van der Waals surface area contributed by atoms with Crippen molar-refractivity contribution in [2.75, 3.05) is 0 Å². The summed E-state index contributed by atoms with van der Waals surface area (Å²) in [5, 5.41) is 7.95. The van der Waals surface area contributed by atoms with E-state index in [0.29, 0.717) is 5.78 Å². The summed E-state index contributed by atoms with van der Waals surface area (Å²) < 4.78 is 1.38. The largest absolute Gasteiger partial charge is 0.270 e. The Labute approximate surface area is 84.6 Å². The molecular formula is C9H6N6. The van der Waals surface area contributed by atoms with Crippen LogP contribution in [0.25, 0.3) is 17.0 Å². The van der Waals surface area contributed by atoms with Gasteiger partial charge in [-0.15, -0.1) is 9.73 Å². The Kier molecular flexibility index (Phi) is 1.64. The summed E-state index contributed by atoms with van der Waals surface area (Å²) in [6, 6.07) is 3.74. The average molecular weight is 198 g/mol. The zero-order valence-corrected chi connectivity index (χ0v) is 7.65. The Morgan fingerprint density at radius 2 is 1.93 bits per heavy atom. The van der Waals surface area contributed by atoms with E-state index in [-0.39, 0.29) is 0 Å². The van der Waals surface area contributed by atoms with Gasteiger partial charge in [0.25, 0.3) is 5.78 Å². The molecule has 3 rings (SSSR count). The van der Waals surface area contributed by atoms with Gasteiger partial charge in [-0.3, -0.25) is 4.98 Å². The maximum absolute atomic E-state index is 4.30. The Morgan fingerprint density at radius 1 is 1.07 bits per heavy atom. The monoisotopic (exact) mass is 198 g/mol. The van der Waals surface area contributed by atoms with Crippen molar-refractivity contribution in [3.8, 4) is 11.3 Å². The topological polar surface area (TPSA) is 68.9 Å². The highest BCUT2D eigenvalue weighted by Gasteiger charge is 2.02. The molecule has 0 radical (unpaired) electrons. The zero-order chi connectivity index (χ0) is 10.1. The Hall–Kier alpha value is -2.37. The lowest BCUT2D eigenvalue weighted by Gasteiger charge is -1.98. The summed E-state index contributed by atoms with van der Waals surface area (Å²) in [6.45, 7) is 0. The fraction of sp³-hybridized carbons (Fsp3) is 0. The number of nitrogens with zero attached hydrogens (tertiary/aromatic N) is 6. The van der Waals surface area contributed by atoms with Crippen LogP contribution in [0.5, 0.6) is 0 Å². The van der Waals surface area contributed by atoms with Crippen LogP contribution in [0.3, 0.4) is 0 Å². The van der Waals surface area contributed by atoms with Gasteiger partial charge in [0.15, 0.2) is 0 Å². The van der Waals surface area contributed by atoms with Crippen molar-refractivity contribution < 1.29 is 0 Å². The molecule has 0 saturated heterocycles. The van der Waals surface area contributed by atoms with E-state index in [2.05, 4.69) is 25.1 Å². The molecule has 0 N–H and O–H groups in total. The molecule has 0 amide bonds. The first-order chi connectivity index (χ1) is 7.43. The van der Waals surface area contributed by atoms with Gasteiger partial charge >= 0.3 is 0 Å². The van der Waals surface area contributed by atoms with Crippen LogP contribution in [0.4, 0.5) is 0 Å². The molecule has 72 valence electrons. The Balaban J connectivity index is 2.19. The molecule has 0 aliphatic carbocycles. The van der Waals surface area contributed by atoms with E-state index < -0.39 is 0 Å². The first-order valence-electron chi connectivity index (χ1n) is 4.37. The predicted octanol–water partition coefficient (Wildman–Crippen LogP) is 0.581. The van der Waals surface area contributed by atoms with Gasteiger partial charge in [-0.1, -0.05) is 0 Å². The SMILES string of the molecule is c1cc(-c2cnn3ncnc3n2)ccn1. The summed E-state index contributed by atoms with van der Waals surface area (Å²) in [5.74, 6) is 0.490. The molecule has 0 spiro atoms. The lowest BCUT2D eigenvalue weighted by molar-refractivity contribution is 0.784. The molecular weight excluding hydrogens is 192 g/mol. The third kappa shape index (κ3) is 1.32. The molecule has 0 aliphatic heterocycles. The number of fused-ring (bicyclic) bond motifs is 1. The molecule has 0 aliphatic rings. The minimum absolute atomic E-state index is 0.490. The quantitative estimate of drug-likeness (QED) is 0.572. The number of pyridine rings is 1.